The first-order valence-corrected chi connectivity index (χ1v) is 10.9. The van der Waals surface area contributed by atoms with E-state index in [9.17, 15) is 9.59 Å². The van der Waals surface area contributed by atoms with E-state index in [1.165, 1.54) is 11.3 Å². The van der Waals surface area contributed by atoms with Crippen LogP contribution in [0.25, 0.3) is 0 Å². The normalized spacial score (nSPS) is 20.4. The second-order valence-corrected chi connectivity index (χ2v) is 8.82. The van der Waals surface area contributed by atoms with E-state index >= 15 is 0 Å². The molecule has 1 saturated heterocycles. The molecule has 2 heterocycles. The highest BCUT2D eigenvalue weighted by atomic mass is 32.1. The van der Waals surface area contributed by atoms with Gasteiger partial charge in [-0.2, -0.15) is 0 Å². The van der Waals surface area contributed by atoms with Crippen LogP contribution in [0.4, 0.5) is 11.4 Å². The van der Waals surface area contributed by atoms with Crippen molar-refractivity contribution in [2.24, 2.45) is 5.92 Å². The maximum Gasteiger partial charge on any atom is 0.262 e. The first kappa shape index (κ1) is 21.3. The molecule has 0 bridgehead atoms. The van der Waals surface area contributed by atoms with Crippen LogP contribution in [0.2, 0.25) is 0 Å². The maximum atomic E-state index is 12.8. The Morgan fingerprint density at radius 3 is 2.31 bits per heavy atom. The Morgan fingerprint density at radius 2 is 1.76 bits per heavy atom. The molecule has 3 rings (SSSR count). The van der Waals surface area contributed by atoms with E-state index in [4.69, 9.17) is 4.74 Å². The van der Waals surface area contributed by atoms with E-state index in [0.29, 0.717) is 10.6 Å². The summed E-state index contributed by atoms with van der Waals surface area (Å²) in [7, 11) is 0. The van der Waals surface area contributed by atoms with Gasteiger partial charge in [0.2, 0.25) is 5.91 Å². The van der Waals surface area contributed by atoms with Crippen LogP contribution in [-0.4, -0.2) is 43.2 Å². The van der Waals surface area contributed by atoms with E-state index in [0.717, 1.165) is 18.8 Å². The minimum absolute atomic E-state index is 0.0329. The molecule has 2 amide bonds. The quantitative estimate of drug-likeness (QED) is 0.754. The van der Waals surface area contributed by atoms with Crippen molar-refractivity contribution in [2.45, 2.75) is 45.9 Å². The van der Waals surface area contributed by atoms with Crippen molar-refractivity contribution in [2.75, 3.05) is 23.3 Å². The largest absolute Gasteiger partial charge is 0.372 e. The second-order valence-electron chi connectivity index (χ2n) is 7.87. The zero-order chi connectivity index (χ0) is 21.0. The van der Waals surface area contributed by atoms with Gasteiger partial charge < -0.3 is 20.3 Å². The molecule has 3 unspecified atom stereocenters. The molecular formula is C22H29N3O3S. The summed E-state index contributed by atoms with van der Waals surface area (Å²) in [5.74, 6) is -0.472. The molecule has 1 aromatic carbocycles. The molecule has 0 saturated carbocycles. The summed E-state index contributed by atoms with van der Waals surface area (Å²) in [6.07, 6.45) is 0.383. The molecule has 2 N–H and O–H groups in total. The second kappa shape index (κ2) is 9.41. The third-order valence-corrected chi connectivity index (χ3v) is 5.77. The van der Waals surface area contributed by atoms with Gasteiger partial charge in [0, 0.05) is 24.5 Å². The summed E-state index contributed by atoms with van der Waals surface area (Å²) < 4.78 is 5.79. The van der Waals surface area contributed by atoms with Gasteiger partial charge >= 0.3 is 0 Å². The van der Waals surface area contributed by atoms with Gasteiger partial charge in [0.1, 0.15) is 6.04 Å². The number of carbonyl (C=O) groups is 2. The van der Waals surface area contributed by atoms with Crippen molar-refractivity contribution in [3.63, 3.8) is 0 Å². The highest BCUT2D eigenvalue weighted by Crippen LogP contribution is 2.22. The molecular weight excluding hydrogens is 386 g/mol. The van der Waals surface area contributed by atoms with Gasteiger partial charge in [0.15, 0.2) is 0 Å². The average molecular weight is 416 g/mol. The van der Waals surface area contributed by atoms with Gasteiger partial charge in [0.05, 0.1) is 17.1 Å². The highest BCUT2D eigenvalue weighted by Gasteiger charge is 2.26. The van der Waals surface area contributed by atoms with Crippen LogP contribution >= 0.6 is 11.3 Å². The number of ether oxygens (including phenoxy) is 1. The Kier molecular flexibility index (Phi) is 6.92. The third-order valence-electron chi connectivity index (χ3n) is 4.90. The fraction of sp³-hybridized carbons (Fsp3) is 0.455. The Bertz CT molecular complexity index is 810. The van der Waals surface area contributed by atoms with Gasteiger partial charge in [-0.1, -0.05) is 19.9 Å². The molecule has 1 aromatic heterocycles. The van der Waals surface area contributed by atoms with E-state index in [1.54, 1.807) is 6.07 Å². The molecule has 0 spiro atoms. The molecule has 1 aliphatic heterocycles. The number of nitrogens with one attached hydrogen (secondary N) is 2. The molecule has 29 heavy (non-hydrogen) atoms. The number of benzene rings is 1. The molecule has 1 aliphatic rings. The summed E-state index contributed by atoms with van der Waals surface area (Å²) in [6.45, 7) is 9.69. The van der Waals surface area contributed by atoms with E-state index in [1.807, 2.05) is 49.6 Å². The summed E-state index contributed by atoms with van der Waals surface area (Å²) in [4.78, 5) is 28.0. The summed E-state index contributed by atoms with van der Waals surface area (Å²) in [6, 6.07) is 10.8. The molecule has 7 heteroatoms. The van der Waals surface area contributed by atoms with Crippen LogP contribution in [0.1, 0.15) is 37.4 Å². The molecule has 0 aliphatic carbocycles. The predicted octanol–water partition coefficient (Wildman–Crippen LogP) is 3.75. The summed E-state index contributed by atoms with van der Waals surface area (Å²) in [5.41, 5.74) is 1.82. The maximum absolute atomic E-state index is 12.8. The number of amides is 2. The number of hydrogen-bond acceptors (Lipinski definition) is 5. The van der Waals surface area contributed by atoms with Gasteiger partial charge in [-0.05, 0) is 55.5 Å². The summed E-state index contributed by atoms with van der Waals surface area (Å²) >= 11 is 1.36. The predicted molar refractivity (Wildman–Crippen MR) is 118 cm³/mol. The van der Waals surface area contributed by atoms with Crippen molar-refractivity contribution in [3.8, 4) is 0 Å². The highest BCUT2D eigenvalue weighted by molar-refractivity contribution is 7.12. The van der Waals surface area contributed by atoms with Crippen LogP contribution in [0, 0.1) is 5.92 Å². The minimum Gasteiger partial charge on any atom is -0.372 e. The number of nitrogens with zero attached hydrogens (tertiary/aromatic N) is 1. The van der Waals surface area contributed by atoms with E-state index in [-0.39, 0.29) is 29.9 Å². The van der Waals surface area contributed by atoms with E-state index in [2.05, 4.69) is 29.4 Å². The smallest absolute Gasteiger partial charge is 0.262 e. The van der Waals surface area contributed by atoms with Crippen molar-refractivity contribution in [1.82, 2.24) is 5.32 Å². The molecule has 1 fully saturated rings. The Labute approximate surface area is 176 Å². The number of carbonyl (C=O) groups excluding carboxylic acids is 2. The zero-order valence-electron chi connectivity index (χ0n) is 17.3. The SMILES string of the molecule is CC1CN(c2ccc(NC(=O)C(NC(=O)c3cccs3)C(C)C)cc2)CC(C)O1. The van der Waals surface area contributed by atoms with Crippen LogP contribution in [0.15, 0.2) is 41.8 Å². The van der Waals surface area contributed by atoms with Gasteiger partial charge in [-0.15, -0.1) is 11.3 Å². The fourth-order valence-electron chi connectivity index (χ4n) is 3.52. The van der Waals surface area contributed by atoms with Crippen LogP contribution < -0.4 is 15.5 Å². The van der Waals surface area contributed by atoms with Crippen LogP contribution in [0.5, 0.6) is 0 Å². The minimum atomic E-state index is -0.606. The fourth-order valence-corrected chi connectivity index (χ4v) is 4.15. The lowest BCUT2D eigenvalue weighted by Crippen LogP contribution is -2.47. The standard InChI is InChI=1S/C22H29N3O3S/c1-14(2)20(24-21(26)19-6-5-11-29-19)22(27)23-17-7-9-18(10-8-17)25-12-15(3)28-16(4)13-25/h5-11,14-16,20H,12-13H2,1-4H3,(H,23,27)(H,24,26). The van der Waals surface area contributed by atoms with Gasteiger partial charge in [-0.3, -0.25) is 9.59 Å². The van der Waals surface area contributed by atoms with Crippen molar-refractivity contribution < 1.29 is 14.3 Å². The number of thiophene rings is 1. The lowest BCUT2D eigenvalue weighted by molar-refractivity contribution is -0.118. The van der Waals surface area contributed by atoms with Crippen LogP contribution in [0.3, 0.4) is 0 Å². The molecule has 6 nitrogen and oxygen atoms in total. The molecule has 2 aromatic rings. The number of rotatable bonds is 6. The van der Waals surface area contributed by atoms with E-state index < -0.39 is 6.04 Å². The Balaban J connectivity index is 1.63. The number of hydrogen-bond donors (Lipinski definition) is 2. The zero-order valence-corrected chi connectivity index (χ0v) is 18.2. The Hall–Kier alpha value is -2.38. The van der Waals surface area contributed by atoms with Crippen LogP contribution in [-0.2, 0) is 9.53 Å². The molecule has 156 valence electrons. The average Bonchev–Trinajstić information content (AvgIpc) is 3.20. The molecule has 3 atom stereocenters. The van der Waals surface area contributed by atoms with Gasteiger partial charge in [0.25, 0.3) is 5.91 Å². The molecule has 0 radical (unpaired) electrons. The number of anilines is 2. The first-order chi connectivity index (χ1) is 13.8. The lowest BCUT2D eigenvalue weighted by atomic mass is 10.0. The first-order valence-electron chi connectivity index (χ1n) is 9.99. The van der Waals surface area contributed by atoms with Crippen molar-refractivity contribution in [1.29, 1.82) is 0 Å². The topological polar surface area (TPSA) is 70.7 Å². The lowest BCUT2D eigenvalue weighted by Gasteiger charge is -2.36. The van der Waals surface area contributed by atoms with Crippen molar-refractivity contribution in [3.05, 3.63) is 46.7 Å². The third kappa shape index (κ3) is 5.58. The number of morpholine rings is 1. The Morgan fingerprint density at radius 1 is 1.10 bits per heavy atom. The summed E-state index contributed by atoms with van der Waals surface area (Å²) in [5, 5.41) is 7.62. The van der Waals surface area contributed by atoms with Gasteiger partial charge in [-0.25, -0.2) is 0 Å². The van der Waals surface area contributed by atoms with Crippen molar-refractivity contribution >= 4 is 34.5 Å². The monoisotopic (exact) mass is 415 g/mol.